The van der Waals surface area contributed by atoms with Crippen molar-refractivity contribution in [3.8, 4) is 5.75 Å². The van der Waals surface area contributed by atoms with E-state index in [0.717, 1.165) is 54.7 Å². The molecule has 0 aliphatic carbocycles. The Morgan fingerprint density at radius 2 is 1.40 bits per heavy atom. The molecule has 0 radical (unpaired) electrons. The fourth-order valence-corrected chi connectivity index (χ4v) is 5.10. The quantitative estimate of drug-likeness (QED) is 0.214. The molecule has 4 rings (SSSR count). The number of hydrogen-bond acceptors (Lipinski definition) is 5. The van der Waals surface area contributed by atoms with E-state index in [1.54, 1.807) is 24.3 Å². The molecule has 1 N–H and O–H groups in total. The topological polar surface area (TPSA) is 87.2 Å². The van der Waals surface area contributed by atoms with E-state index in [1.165, 1.54) is 10.5 Å². The second-order valence-electron chi connectivity index (χ2n) is 10.6. The van der Waals surface area contributed by atoms with Crippen LogP contribution in [0.2, 0.25) is 0 Å². The number of hydrogen-bond donors (Lipinski definition) is 1. The monoisotopic (exact) mass is 542 g/mol. The molecule has 7 nitrogen and oxygen atoms in total. The zero-order chi connectivity index (χ0) is 28.5. The van der Waals surface area contributed by atoms with E-state index < -0.39 is 5.97 Å². The van der Waals surface area contributed by atoms with Gasteiger partial charge in [0.25, 0.3) is 11.8 Å². The summed E-state index contributed by atoms with van der Waals surface area (Å²) in [4.78, 5) is 40.2. The molecule has 0 fully saturated rings. The Balaban J connectivity index is 1.40. The van der Waals surface area contributed by atoms with E-state index in [0.29, 0.717) is 30.6 Å². The SMILES string of the molecule is CN(C)CCCOc1ccccc1CCCc1cc(CCC(=O)O)cc(CCN2C(=O)c3ccccc3C2=O)c1. The summed E-state index contributed by atoms with van der Waals surface area (Å²) in [5, 5.41) is 9.21. The highest BCUT2D eigenvalue weighted by Crippen LogP contribution is 2.24. The molecular weight excluding hydrogens is 504 g/mol. The van der Waals surface area contributed by atoms with Gasteiger partial charge in [-0.25, -0.2) is 0 Å². The van der Waals surface area contributed by atoms with E-state index in [4.69, 9.17) is 4.74 Å². The van der Waals surface area contributed by atoms with Crippen molar-refractivity contribution in [2.45, 2.75) is 44.9 Å². The molecule has 210 valence electrons. The van der Waals surface area contributed by atoms with E-state index in [9.17, 15) is 19.5 Å². The number of carboxylic acid groups (broad SMARTS) is 1. The lowest BCUT2D eigenvalue weighted by molar-refractivity contribution is -0.136. The predicted octanol–water partition coefficient (Wildman–Crippen LogP) is 5.05. The van der Waals surface area contributed by atoms with Crippen LogP contribution in [-0.2, 0) is 30.5 Å². The molecule has 0 aromatic heterocycles. The maximum Gasteiger partial charge on any atom is 0.303 e. The lowest BCUT2D eigenvalue weighted by atomic mass is 9.96. The van der Waals surface area contributed by atoms with Crippen LogP contribution in [0.15, 0.2) is 66.7 Å². The summed E-state index contributed by atoms with van der Waals surface area (Å²) in [6, 6.07) is 21.3. The number of benzene rings is 3. The van der Waals surface area contributed by atoms with Gasteiger partial charge in [0, 0.05) is 19.5 Å². The number of carbonyl (C=O) groups excluding carboxylic acids is 2. The van der Waals surface area contributed by atoms with Gasteiger partial charge in [-0.1, -0.05) is 48.5 Å². The highest BCUT2D eigenvalue weighted by Gasteiger charge is 2.34. The van der Waals surface area contributed by atoms with Gasteiger partial charge >= 0.3 is 5.97 Å². The first-order valence-electron chi connectivity index (χ1n) is 14.0. The van der Waals surface area contributed by atoms with Crippen molar-refractivity contribution in [1.82, 2.24) is 9.80 Å². The van der Waals surface area contributed by atoms with E-state index in [2.05, 4.69) is 37.2 Å². The minimum absolute atomic E-state index is 0.0554. The summed E-state index contributed by atoms with van der Waals surface area (Å²) in [5.74, 6) is -0.422. The summed E-state index contributed by atoms with van der Waals surface area (Å²) < 4.78 is 6.06. The molecule has 0 unspecified atom stereocenters. The van der Waals surface area contributed by atoms with Crippen molar-refractivity contribution in [1.29, 1.82) is 0 Å². The lowest BCUT2D eigenvalue weighted by Crippen LogP contribution is -2.31. The second kappa shape index (κ2) is 13.9. The number of carbonyl (C=O) groups is 3. The van der Waals surface area contributed by atoms with Crippen molar-refractivity contribution < 1.29 is 24.2 Å². The van der Waals surface area contributed by atoms with Gasteiger partial charge in [0.2, 0.25) is 0 Å². The van der Waals surface area contributed by atoms with Crippen LogP contribution in [0, 0.1) is 0 Å². The van der Waals surface area contributed by atoms with Crippen molar-refractivity contribution in [3.63, 3.8) is 0 Å². The number of amides is 2. The van der Waals surface area contributed by atoms with Gasteiger partial charge in [-0.05, 0) is 93.1 Å². The number of aryl methyl sites for hydroxylation is 3. The summed E-state index contributed by atoms with van der Waals surface area (Å²) in [6.45, 7) is 1.94. The predicted molar refractivity (Wildman–Crippen MR) is 155 cm³/mol. The lowest BCUT2D eigenvalue weighted by Gasteiger charge is -2.16. The average molecular weight is 543 g/mol. The molecule has 2 amide bonds. The third-order valence-electron chi connectivity index (χ3n) is 7.13. The summed E-state index contributed by atoms with van der Waals surface area (Å²) >= 11 is 0. The van der Waals surface area contributed by atoms with Gasteiger partial charge < -0.3 is 14.7 Å². The molecule has 1 aliphatic rings. The smallest absolute Gasteiger partial charge is 0.303 e. The third kappa shape index (κ3) is 7.79. The molecule has 40 heavy (non-hydrogen) atoms. The molecule has 0 bridgehead atoms. The fraction of sp³-hybridized carbons (Fsp3) is 0.364. The zero-order valence-corrected chi connectivity index (χ0v) is 23.4. The van der Waals surface area contributed by atoms with Gasteiger partial charge in [-0.15, -0.1) is 0 Å². The molecule has 3 aromatic rings. The Labute approximate surface area is 236 Å². The molecule has 0 atom stereocenters. The largest absolute Gasteiger partial charge is 0.493 e. The van der Waals surface area contributed by atoms with E-state index in [1.807, 2.05) is 24.3 Å². The first-order valence-corrected chi connectivity index (χ1v) is 14.0. The van der Waals surface area contributed by atoms with Crippen LogP contribution in [0.25, 0.3) is 0 Å². The Bertz CT molecular complexity index is 1320. The molecule has 7 heteroatoms. The zero-order valence-electron chi connectivity index (χ0n) is 23.4. The van der Waals surface area contributed by atoms with Gasteiger partial charge in [0.1, 0.15) is 5.75 Å². The Morgan fingerprint density at radius 1 is 0.800 bits per heavy atom. The second-order valence-corrected chi connectivity index (χ2v) is 10.6. The van der Waals surface area contributed by atoms with Crippen LogP contribution in [-0.4, -0.2) is 66.5 Å². The van der Waals surface area contributed by atoms with Crippen LogP contribution < -0.4 is 4.74 Å². The number of aliphatic carboxylic acids is 1. The number of imide groups is 1. The van der Waals surface area contributed by atoms with Gasteiger partial charge in [-0.2, -0.15) is 0 Å². The number of nitrogens with zero attached hydrogens (tertiary/aromatic N) is 2. The molecule has 0 spiro atoms. The third-order valence-corrected chi connectivity index (χ3v) is 7.13. The minimum atomic E-state index is -0.833. The normalized spacial score (nSPS) is 12.7. The number of para-hydroxylation sites is 1. The van der Waals surface area contributed by atoms with Crippen LogP contribution in [0.5, 0.6) is 5.75 Å². The average Bonchev–Trinajstić information content (AvgIpc) is 3.18. The molecule has 0 saturated carbocycles. The Kier molecular flexibility index (Phi) is 10.1. The maximum atomic E-state index is 12.8. The molecule has 1 aliphatic heterocycles. The summed E-state index contributed by atoms with van der Waals surface area (Å²) in [5.41, 5.74) is 5.17. The Hall–Kier alpha value is -3.97. The van der Waals surface area contributed by atoms with Gasteiger partial charge in [-0.3, -0.25) is 19.3 Å². The number of fused-ring (bicyclic) bond motifs is 1. The van der Waals surface area contributed by atoms with Crippen molar-refractivity contribution in [3.05, 3.63) is 100 Å². The summed E-state index contributed by atoms with van der Waals surface area (Å²) in [6.07, 6.45) is 4.59. The first-order chi connectivity index (χ1) is 19.3. The highest BCUT2D eigenvalue weighted by molar-refractivity contribution is 6.21. The minimum Gasteiger partial charge on any atom is -0.493 e. The molecular formula is C33H38N2O5. The number of rotatable bonds is 15. The van der Waals surface area contributed by atoms with Crippen LogP contribution in [0.4, 0.5) is 0 Å². The molecule has 0 saturated heterocycles. The number of ether oxygens (including phenoxy) is 1. The maximum absolute atomic E-state index is 12.8. The van der Waals surface area contributed by atoms with E-state index in [-0.39, 0.29) is 24.8 Å². The van der Waals surface area contributed by atoms with Crippen molar-refractivity contribution in [2.24, 2.45) is 0 Å². The van der Waals surface area contributed by atoms with Crippen LogP contribution in [0.3, 0.4) is 0 Å². The number of carboxylic acids is 1. The van der Waals surface area contributed by atoms with Crippen molar-refractivity contribution >= 4 is 17.8 Å². The standard InChI is InChI=1S/C33H38N2O5/c1-34(2)18-8-20-40-30-14-6-3-10-27(30)11-7-9-24-21-25(15-16-31(36)37)23-26(22-24)17-19-35-32(38)28-12-4-5-13-29(28)33(35)39/h3-6,10,12-14,21-23H,7-9,11,15-20H2,1-2H3,(H,36,37). The van der Waals surface area contributed by atoms with E-state index >= 15 is 0 Å². The highest BCUT2D eigenvalue weighted by atomic mass is 16.5. The van der Waals surface area contributed by atoms with Crippen LogP contribution >= 0.6 is 0 Å². The first kappa shape index (κ1) is 29.0. The summed E-state index contributed by atoms with van der Waals surface area (Å²) in [7, 11) is 4.11. The van der Waals surface area contributed by atoms with Gasteiger partial charge in [0.15, 0.2) is 0 Å². The molecule has 1 heterocycles. The Morgan fingerprint density at radius 3 is 2.05 bits per heavy atom. The molecule has 3 aromatic carbocycles. The van der Waals surface area contributed by atoms with Crippen LogP contribution in [0.1, 0.15) is 62.2 Å². The fourth-order valence-electron chi connectivity index (χ4n) is 5.10. The van der Waals surface area contributed by atoms with Crippen molar-refractivity contribution in [2.75, 3.05) is 33.8 Å². The van der Waals surface area contributed by atoms with Gasteiger partial charge in [0.05, 0.1) is 17.7 Å².